The van der Waals surface area contributed by atoms with Crippen LogP contribution in [0.1, 0.15) is 11.6 Å². The van der Waals surface area contributed by atoms with E-state index in [9.17, 15) is 5.21 Å². The molecule has 0 aliphatic carbocycles. The molecule has 5 heteroatoms. The fourth-order valence-electron chi connectivity index (χ4n) is 0.682. The maximum absolute atomic E-state index is 10.9. The van der Waals surface area contributed by atoms with Gasteiger partial charge in [-0.3, -0.25) is 0 Å². The summed E-state index contributed by atoms with van der Waals surface area (Å²) >= 11 is 0. The number of anilines is 1. The molecule has 0 unspecified atom stereocenters. The van der Waals surface area contributed by atoms with E-state index in [0.717, 1.165) is 0 Å². The van der Waals surface area contributed by atoms with E-state index in [1.807, 2.05) is 0 Å². The molecule has 1 heterocycles. The summed E-state index contributed by atoms with van der Waals surface area (Å²) < 4.78 is 0.635. The van der Waals surface area contributed by atoms with Crippen molar-refractivity contribution in [1.82, 2.24) is 9.97 Å². The van der Waals surface area contributed by atoms with Crippen LogP contribution in [-0.2, 0) is 0 Å². The fourth-order valence-corrected chi connectivity index (χ4v) is 0.682. The molecule has 1 aromatic heterocycles. The van der Waals surface area contributed by atoms with Gasteiger partial charge in [-0.1, -0.05) is 9.97 Å². The molecule has 0 radical (unpaired) electrons. The van der Waals surface area contributed by atoms with Crippen LogP contribution < -0.4 is 10.5 Å². The third-order valence-electron chi connectivity index (χ3n) is 1.14. The van der Waals surface area contributed by atoms with Crippen LogP contribution in [-0.4, -0.2) is 9.97 Å². The number of nitrogen functional groups attached to an aromatic ring is 1. The Labute approximate surface area is 58.1 Å². The van der Waals surface area contributed by atoms with E-state index in [1.54, 1.807) is 13.8 Å². The summed E-state index contributed by atoms with van der Waals surface area (Å²) in [7, 11) is 0. The third-order valence-corrected chi connectivity index (χ3v) is 1.14. The van der Waals surface area contributed by atoms with E-state index in [4.69, 9.17) is 5.73 Å². The average Bonchev–Trinajstić information content (AvgIpc) is 1.82. The summed E-state index contributed by atoms with van der Waals surface area (Å²) in [6.45, 7) is 3.16. The Hall–Kier alpha value is -1.39. The van der Waals surface area contributed by atoms with E-state index in [2.05, 4.69) is 9.97 Å². The van der Waals surface area contributed by atoms with Crippen LogP contribution in [0.5, 0.6) is 0 Å². The first-order valence-electron chi connectivity index (χ1n) is 2.81. The van der Waals surface area contributed by atoms with E-state index >= 15 is 0 Å². The lowest BCUT2D eigenvalue weighted by Gasteiger charge is -2.05. The smallest absolute Gasteiger partial charge is 0.372 e. The van der Waals surface area contributed by atoms with Crippen molar-refractivity contribution in [3.8, 4) is 0 Å². The van der Waals surface area contributed by atoms with Gasteiger partial charge in [0.15, 0.2) is 0 Å². The highest BCUT2D eigenvalue weighted by atomic mass is 16.5. The number of aryl methyl sites for hydroxylation is 2. The summed E-state index contributed by atoms with van der Waals surface area (Å²) in [6.07, 6.45) is 0. The van der Waals surface area contributed by atoms with Gasteiger partial charge in [0.2, 0.25) is 11.6 Å². The van der Waals surface area contributed by atoms with Crippen molar-refractivity contribution in [3.05, 3.63) is 16.9 Å². The first kappa shape index (κ1) is 6.73. The number of hydrogen-bond donors (Lipinski definition) is 1. The van der Waals surface area contributed by atoms with Crippen molar-refractivity contribution >= 4 is 5.95 Å². The molecule has 0 spiro atoms. The van der Waals surface area contributed by atoms with Gasteiger partial charge in [0, 0.05) is 13.8 Å². The highest BCUT2D eigenvalue weighted by molar-refractivity contribution is 5.12. The molecule has 0 saturated carbocycles. The molecule has 54 valence electrons. The summed E-state index contributed by atoms with van der Waals surface area (Å²) in [6, 6.07) is 0. The Kier molecular flexibility index (Phi) is 1.41. The second-order valence-corrected chi connectivity index (χ2v) is 1.97. The molecular formula is C5H8N4O. The zero-order valence-electron chi connectivity index (χ0n) is 5.83. The summed E-state index contributed by atoms with van der Waals surface area (Å²) in [5.41, 5.74) is 5.25. The zero-order chi connectivity index (χ0) is 7.72. The van der Waals surface area contributed by atoms with Crippen molar-refractivity contribution < 1.29 is 4.73 Å². The van der Waals surface area contributed by atoms with E-state index in [1.165, 1.54) is 0 Å². The summed E-state index contributed by atoms with van der Waals surface area (Å²) in [5, 5.41) is 10.9. The Balaban J connectivity index is 3.31. The maximum Gasteiger partial charge on any atom is 0.372 e. The van der Waals surface area contributed by atoms with Crippen LogP contribution in [0.15, 0.2) is 0 Å². The first-order chi connectivity index (χ1) is 4.61. The normalized spacial score (nSPS) is 9.80. The Morgan fingerprint density at radius 3 is 2.10 bits per heavy atom. The number of aromatic nitrogens is 3. The molecule has 0 fully saturated rings. The third kappa shape index (κ3) is 0.975. The Morgan fingerprint density at radius 2 is 1.70 bits per heavy atom. The maximum atomic E-state index is 10.9. The van der Waals surface area contributed by atoms with Crippen molar-refractivity contribution in [2.24, 2.45) is 0 Å². The Bertz CT molecular complexity index is 237. The monoisotopic (exact) mass is 140 g/mol. The van der Waals surface area contributed by atoms with Gasteiger partial charge in [0.25, 0.3) is 0 Å². The van der Waals surface area contributed by atoms with Crippen molar-refractivity contribution in [3.63, 3.8) is 0 Å². The molecule has 5 nitrogen and oxygen atoms in total. The predicted octanol–water partition coefficient (Wildman–Crippen LogP) is -0.691. The number of hydrogen-bond acceptors (Lipinski definition) is 4. The molecule has 1 aromatic rings. The first-order valence-corrected chi connectivity index (χ1v) is 2.81. The molecule has 1 rings (SSSR count). The number of rotatable bonds is 0. The van der Waals surface area contributed by atoms with Crippen molar-refractivity contribution in [1.29, 1.82) is 0 Å². The molecule has 0 aliphatic rings. The van der Waals surface area contributed by atoms with Crippen molar-refractivity contribution in [2.75, 3.05) is 5.73 Å². The van der Waals surface area contributed by atoms with Crippen molar-refractivity contribution in [2.45, 2.75) is 13.8 Å². The quantitative estimate of drug-likeness (QED) is 0.382. The lowest BCUT2D eigenvalue weighted by Crippen LogP contribution is -2.36. The molecular weight excluding hydrogens is 132 g/mol. The molecule has 0 atom stereocenters. The molecule has 0 saturated heterocycles. The highest BCUT2D eigenvalue weighted by Crippen LogP contribution is 1.90. The van der Waals surface area contributed by atoms with Crippen LogP contribution in [0.25, 0.3) is 0 Å². The lowest BCUT2D eigenvalue weighted by molar-refractivity contribution is -0.626. The van der Waals surface area contributed by atoms with Crippen LogP contribution in [0, 0.1) is 19.1 Å². The van der Waals surface area contributed by atoms with Gasteiger partial charge in [-0.05, 0) is 0 Å². The molecule has 0 bridgehead atoms. The van der Waals surface area contributed by atoms with Gasteiger partial charge in [0.1, 0.15) is 0 Å². The van der Waals surface area contributed by atoms with Crippen LogP contribution in [0.2, 0.25) is 0 Å². The minimum Gasteiger partial charge on any atom is -0.740 e. The predicted molar refractivity (Wildman–Crippen MR) is 34.9 cm³/mol. The minimum absolute atomic E-state index is 0.141. The molecule has 10 heavy (non-hydrogen) atoms. The van der Waals surface area contributed by atoms with Gasteiger partial charge < -0.3 is 10.9 Å². The van der Waals surface area contributed by atoms with E-state index in [-0.39, 0.29) is 5.95 Å². The van der Waals surface area contributed by atoms with Crippen LogP contribution >= 0.6 is 0 Å². The fraction of sp³-hybridized carbons (Fsp3) is 0.400. The second kappa shape index (κ2) is 2.09. The van der Waals surface area contributed by atoms with Gasteiger partial charge in [-0.2, -0.15) is 0 Å². The van der Waals surface area contributed by atoms with Crippen LogP contribution in [0.4, 0.5) is 5.95 Å². The summed E-state index contributed by atoms with van der Waals surface area (Å²) in [5.74, 6) is 0.789. The van der Waals surface area contributed by atoms with Gasteiger partial charge in [-0.25, -0.2) is 4.73 Å². The number of nitrogens with two attached hydrogens (primary N) is 1. The van der Waals surface area contributed by atoms with Gasteiger partial charge in [-0.15, -0.1) is 0 Å². The van der Waals surface area contributed by atoms with E-state index in [0.29, 0.717) is 16.4 Å². The minimum atomic E-state index is 0.141. The number of nitrogens with zero attached hydrogens (tertiary/aromatic N) is 3. The second-order valence-electron chi connectivity index (χ2n) is 1.97. The topological polar surface area (TPSA) is 78.7 Å². The highest BCUT2D eigenvalue weighted by Gasteiger charge is 2.06. The Morgan fingerprint density at radius 1 is 1.30 bits per heavy atom. The molecule has 0 aliphatic heterocycles. The van der Waals surface area contributed by atoms with Gasteiger partial charge in [0.05, 0.1) is 0 Å². The summed E-state index contributed by atoms with van der Waals surface area (Å²) in [4.78, 5) is 7.30. The zero-order valence-corrected chi connectivity index (χ0v) is 5.83. The SMILES string of the molecule is Cc1nc(N)nc(C)[n+]1[O-]. The van der Waals surface area contributed by atoms with E-state index < -0.39 is 0 Å². The standard InChI is InChI=1S/C5H8N4O/c1-3-7-5(6)8-4(2)9(3)10/h1-2H3,(H2,6,7,8). The average molecular weight is 140 g/mol. The molecule has 0 amide bonds. The van der Waals surface area contributed by atoms with Crippen LogP contribution in [0.3, 0.4) is 0 Å². The van der Waals surface area contributed by atoms with Gasteiger partial charge >= 0.3 is 5.95 Å². The largest absolute Gasteiger partial charge is 0.740 e. The molecule has 2 N–H and O–H groups in total. The molecule has 0 aromatic carbocycles. The lowest BCUT2D eigenvalue weighted by atomic mass is 10.6.